The lowest BCUT2D eigenvalue weighted by Gasteiger charge is -2.21. The van der Waals surface area contributed by atoms with E-state index in [-0.39, 0.29) is 30.9 Å². The van der Waals surface area contributed by atoms with Crippen molar-refractivity contribution in [1.29, 1.82) is 0 Å². The number of hydrogen-bond donors (Lipinski definition) is 2. The van der Waals surface area contributed by atoms with Crippen molar-refractivity contribution in [2.75, 3.05) is 32.1 Å². The number of ether oxygens (including phenoxy) is 1. The summed E-state index contributed by atoms with van der Waals surface area (Å²) in [5.41, 5.74) is 0. The predicted octanol–water partition coefficient (Wildman–Crippen LogP) is 1.01. The summed E-state index contributed by atoms with van der Waals surface area (Å²) in [6.07, 6.45) is 6.39. The van der Waals surface area contributed by atoms with E-state index in [1.54, 1.807) is 13.0 Å². The number of carbonyl (C=O) groups excluding carboxylic acids is 3. The van der Waals surface area contributed by atoms with Crippen molar-refractivity contribution in [3.8, 4) is 0 Å². The lowest BCUT2D eigenvalue weighted by atomic mass is 10.2. The number of amides is 3. The summed E-state index contributed by atoms with van der Waals surface area (Å²) in [7, 11) is 1.52. The monoisotopic (exact) mass is 378 g/mol. The van der Waals surface area contributed by atoms with Crippen LogP contribution in [0.25, 0.3) is 0 Å². The highest BCUT2D eigenvalue weighted by atomic mass is 16.5. The van der Waals surface area contributed by atoms with Crippen LogP contribution in [0.5, 0.6) is 0 Å². The SMILES string of the molecule is COCCN(CC(=O)NC1CCCC1)C(=O)/C=C/C(=O)Nc1cc(C)on1. The number of nitrogens with one attached hydrogen (secondary N) is 2. The molecule has 0 spiro atoms. The normalized spacial score (nSPS) is 14.4. The van der Waals surface area contributed by atoms with E-state index >= 15 is 0 Å². The summed E-state index contributed by atoms with van der Waals surface area (Å²) in [4.78, 5) is 37.8. The summed E-state index contributed by atoms with van der Waals surface area (Å²) >= 11 is 0. The molecule has 0 saturated heterocycles. The van der Waals surface area contributed by atoms with Crippen LogP contribution < -0.4 is 10.6 Å². The predicted molar refractivity (Wildman–Crippen MR) is 97.9 cm³/mol. The molecule has 0 radical (unpaired) electrons. The fraction of sp³-hybridized carbons (Fsp3) is 0.556. The Morgan fingerprint density at radius 3 is 2.70 bits per heavy atom. The van der Waals surface area contributed by atoms with Crippen LogP contribution in [0.15, 0.2) is 22.7 Å². The molecule has 1 saturated carbocycles. The Bertz CT molecular complexity index is 679. The van der Waals surface area contributed by atoms with Crippen molar-refractivity contribution in [3.63, 3.8) is 0 Å². The van der Waals surface area contributed by atoms with Gasteiger partial charge in [0.2, 0.25) is 17.7 Å². The van der Waals surface area contributed by atoms with Crippen molar-refractivity contribution >= 4 is 23.5 Å². The van der Waals surface area contributed by atoms with Crippen LogP contribution >= 0.6 is 0 Å². The second kappa shape index (κ2) is 10.5. The molecule has 2 N–H and O–H groups in total. The maximum Gasteiger partial charge on any atom is 0.249 e. The van der Waals surface area contributed by atoms with Crippen molar-refractivity contribution < 1.29 is 23.6 Å². The molecule has 0 aromatic carbocycles. The molecule has 27 heavy (non-hydrogen) atoms. The zero-order valence-electron chi connectivity index (χ0n) is 15.7. The third-order valence-electron chi connectivity index (χ3n) is 4.19. The fourth-order valence-corrected chi connectivity index (χ4v) is 2.83. The molecule has 1 aliphatic carbocycles. The summed E-state index contributed by atoms with van der Waals surface area (Å²) < 4.78 is 9.85. The second-order valence-corrected chi connectivity index (χ2v) is 6.45. The van der Waals surface area contributed by atoms with E-state index in [2.05, 4.69) is 15.8 Å². The Morgan fingerprint density at radius 1 is 1.33 bits per heavy atom. The molecule has 1 aromatic rings. The van der Waals surface area contributed by atoms with E-state index in [1.165, 1.54) is 12.0 Å². The number of rotatable bonds is 9. The molecule has 0 aliphatic heterocycles. The molecule has 9 nitrogen and oxygen atoms in total. The number of methoxy groups -OCH3 is 1. The largest absolute Gasteiger partial charge is 0.383 e. The van der Waals surface area contributed by atoms with Crippen LogP contribution in [0, 0.1) is 6.92 Å². The molecule has 0 atom stereocenters. The minimum absolute atomic E-state index is 0.0763. The van der Waals surface area contributed by atoms with Crippen LogP contribution in [-0.4, -0.2) is 60.6 Å². The van der Waals surface area contributed by atoms with E-state index < -0.39 is 11.8 Å². The summed E-state index contributed by atoms with van der Waals surface area (Å²) in [6, 6.07) is 1.75. The summed E-state index contributed by atoms with van der Waals surface area (Å²) in [5, 5.41) is 9.07. The quantitative estimate of drug-likeness (QED) is 0.620. The highest BCUT2D eigenvalue weighted by Crippen LogP contribution is 2.17. The molecule has 0 unspecified atom stereocenters. The standard InChI is InChI=1S/C18H26N4O5/c1-13-11-15(21-27-13)20-16(23)7-8-18(25)22(9-10-26-2)12-17(24)19-14-5-3-4-6-14/h7-8,11,14H,3-6,9-10,12H2,1-2H3,(H,19,24)(H,20,21,23)/b8-7+. The van der Waals surface area contributed by atoms with Crippen molar-refractivity contribution in [2.45, 2.75) is 38.6 Å². The molecule has 9 heteroatoms. The Labute approximate surface area is 158 Å². The molecule has 1 heterocycles. The molecule has 1 aromatic heterocycles. The van der Waals surface area contributed by atoms with Gasteiger partial charge in [0.25, 0.3) is 0 Å². The fourth-order valence-electron chi connectivity index (χ4n) is 2.83. The Kier molecular flexibility index (Phi) is 8.00. The van der Waals surface area contributed by atoms with E-state index in [9.17, 15) is 14.4 Å². The third-order valence-corrected chi connectivity index (χ3v) is 4.19. The van der Waals surface area contributed by atoms with E-state index in [0.29, 0.717) is 12.4 Å². The first kappa shape index (κ1) is 20.6. The molecular formula is C18H26N4O5. The maximum atomic E-state index is 12.4. The second-order valence-electron chi connectivity index (χ2n) is 6.45. The molecule has 2 rings (SSSR count). The van der Waals surface area contributed by atoms with Crippen LogP contribution in [0.3, 0.4) is 0 Å². The Morgan fingerprint density at radius 2 is 2.07 bits per heavy atom. The van der Waals surface area contributed by atoms with Gasteiger partial charge in [0, 0.05) is 37.9 Å². The van der Waals surface area contributed by atoms with Crippen LogP contribution in [0.2, 0.25) is 0 Å². The van der Waals surface area contributed by atoms with E-state index in [4.69, 9.17) is 9.26 Å². The first-order chi connectivity index (χ1) is 13.0. The molecule has 3 amide bonds. The highest BCUT2D eigenvalue weighted by molar-refractivity contribution is 6.03. The van der Waals surface area contributed by atoms with E-state index in [0.717, 1.165) is 37.8 Å². The van der Waals surface area contributed by atoms with Gasteiger partial charge in [-0.25, -0.2) is 0 Å². The first-order valence-corrected chi connectivity index (χ1v) is 8.97. The lowest BCUT2D eigenvalue weighted by molar-refractivity contribution is -0.133. The van der Waals surface area contributed by atoms with Gasteiger partial charge >= 0.3 is 0 Å². The average molecular weight is 378 g/mol. The number of carbonyl (C=O) groups is 3. The van der Waals surface area contributed by atoms with Gasteiger partial charge < -0.3 is 24.8 Å². The van der Waals surface area contributed by atoms with Crippen LogP contribution in [-0.2, 0) is 19.1 Å². The van der Waals surface area contributed by atoms with Gasteiger partial charge in [-0.2, -0.15) is 0 Å². The van der Waals surface area contributed by atoms with Gasteiger partial charge in [-0.1, -0.05) is 18.0 Å². The third kappa shape index (κ3) is 7.22. The number of aromatic nitrogens is 1. The van der Waals surface area contributed by atoms with Crippen molar-refractivity contribution in [1.82, 2.24) is 15.4 Å². The molecule has 1 fully saturated rings. The lowest BCUT2D eigenvalue weighted by Crippen LogP contribution is -2.44. The maximum absolute atomic E-state index is 12.4. The molecule has 0 bridgehead atoms. The van der Waals surface area contributed by atoms with Gasteiger partial charge in [0.1, 0.15) is 5.76 Å². The van der Waals surface area contributed by atoms with E-state index in [1.807, 2.05) is 0 Å². The topological polar surface area (TPSA) is 114 Å². The van der Waals surface area contributed by atoms with Crippen LogP contribution in [0.1, 0.15) is 31.4 Å². The van der Waals surface area contributed by atoms with Gasteiger partial charge in [-0.3, -0.25) is 14.4 Å². The Balaban J connectivity index is 1.87. The number of hydrogen-bond acceptors (Lipinski definition) is 6. The number of nitrogens with zero attached hydrogens (tertiary/aromatic N) is 2. The molecule has 1 aliphatic rings. The first-order valence-electron chi connectivity index (χ1n) is 8.97. The van der Waals surface area contributed by atoms with Crippen LogP contribution in [0.4, 0.5) is 5.82 Å². The van der Waals surface area contributed by atoms with Crippen molar-refractivity contribution in [3.05, 3.63) is 24.0 Å². The molecular weight excluding hydrogens is 352 g/mol. The summed E-state index contributed by atoms with van der Waals surface area (Å²) in [6.45, 7) is 2.17. The minimum atomic E-state index is -0.515. The number of aryl methyl sites for hydroxylation is 1. The zero-order chi connectivity index (χ0) is 19.6. The Hall–Kier alpha value is -2.68. The smallest absolute Gasteiger partial charge is 0.249 e. The highest BCUT2D eigenvalue weighted by Gasteiger charge is 2.20. The number of anilines is 1. The van der Waals surface area contributed by atoms with Gasteiger partial charge in [-0.05, 0) is 19.8 Å². The van der Waals surface area contributed by atoms with Gasteiger partial charge in [0.15, 0.2) is 5.82 Å². The summed E-state index contributed by atoms with van der Waals surface area (Å²) in [5.74, 6) is -0.340. The average Bonchev–Trinajstić information content (AvgIpc) is 3.28. The van der Waals surface area contributed by atoms with Gasteiger partial charge in [0.05, 0.1) is 13.2 Å². The van der Waals surface area contributed by atoms with Crippen molar-refractivity contribution in [2.24, 2.45) is 0 Å². The molecule has 148 valence electrons. The zero-order valence-corrected chi connectivity index (χ0v) is 15.7. The van der Waals surface area contributed by atoms with Gasteiger partial charge in [-0.15, -0.1) is 0 Å². The minimum Gasteiger partial charge on any atom is -0.383 e.